The standard InChI is InChI=1S/C10H14N5O8P.C4H5N3O/c11-10-13-7-4(8(18)14-10)12-2-15(7)9-6(17)5(16)3(23-9)1-22-24(19,20)21;5-3-1-2-6-4(8)7-3/h2-3,5-6,9,16-17H,1H2,(H2,19,20,21)(H3,11,13,14,18);1-2H,(H3,5,6,7,8)/t3-,5-,6-,9-;/m1./s1. The Balaban J connectivity index is 0.000000305. The van der Waals surface area contributed by atoms with Crippen molar-refractivity contribution in [3.8, 4) is 0 Å². The minimum Gasteiger partial charge on any atom is -0.387 e. The molecule has 0 bridgehead atoms. The van der Waals surface area contributed by atoms with Crippen LogP contribution < -0.4 is 22.7 Å². The minimum atomic E-state index is -4.76. The average Bonchev–Trinajstić information content (AvgIpc) is 3.22. The summed E-state index contributed by atoms with van der Waals surface area (Å²) >= 11 is 0. The third-order valence-corrected chi connectivity index (χ3v) is 4.65. The molecule has 4 heterocycles. The SMILES string of the molecule is Nc1ccnc(=O)[nH]1.Nc1nc2c(ncn2[C@@H]2O[C@H](COP(=O)(O)O)[C@@H](O)[C@H]2O)c(=O)[nH]1. The number of nitrogens with two attached hydrogens (primary N) is 2. The second-order valence-corrected chi connectivity index (χ2v) is 7.68. The molecule has 32 heavy (non-hydrogen) atoms. The van der Waals surface area contributed by atoms with Crippen LogP contribution in [0, 0.1) is 0 Å². The van der Waals surface area contributed by atoms with E-state index in [1.807, 2.05) is 0 Å². The minimum absolute atomic E-state index is 0.0176. The van der Waals surface area contributed by atoms with Crippen LogP contribution >= 0.6 is 7.82 Å². The molecule has 0 unspecified atom stereocenters. The number of hydrogen-bond acceptors (Lipinski definition) is 12. The summed E-state index contributed by atoms with van der Waals surface area (Å²) in [6.45, 7) is -0.651. The van der Waals surface area contributed by atoms with Crippen molar-refractivity contribution < 1.29 is 33.8 Å². The average molecular weight is 474 g/mol. The smallest absolute Gasteiger partial charge is 0.387 e. The van der Waals surface area contributed by atoms with Crippen molar-refractivity contribution in [3.05, 3.63) is 39.4 Å². The van der Waals surface area contributed by atoms with Crippen LogP contribution in [0.1, 0.15) is 6.23 Å². The number of aromatic nitrogens is 6. The molecule has 0 saturated carbocycles. The molecule has 1 aliphatic heterocycles. The fraction of sp³-hybridized carbons (Fsp3) is 0.357. The summed E-state index contributed by atoms with van der Waals surface area (Å²) in [5.74, 6) is 0.161. The van der Waals surface area contributed by atoms with E-state index >= 15 is 0 Å². The Morgan fingerprint density at radius 1 is 1.19 bits per heavy atom. The molecule has 0 amide bonds. The van der Waals surface area contributed by atoms with Crippen molar-refractivity contribution in [2.24, 2.45) is 0 Å². The highest BCUT2D eigenvalue weighted by Gasteiger charge is 2.45. The first kappa shape index (κ1) is 23.5. The third kappa shape index (κ3) is 5.35. The lowest BCUT2D eigenvalue weighted by Crippen LogP contribution is -2.33. The van der Waals surface area contributed by atoms with Gasteiger partial charge < -0.3 is 36.2 Å². The van der Waals surface area contributed by atoms with Crippen LogP contribution in [0.4, 0.5) is 11.8 Å². The van der Waals surface area contributed by atoms with Gasteiger partial charge in [0.1, 0.15) is 24.1 Å². The Kier molecular flexibility index (Phi) is 6.70. The molecule has 18 heteroatoms. The zero-order valence-corrected chi connectivity index (χ0v) is 16.9. The lowest BCUT2D eigenvalue weighted by Gasteiger charge is -2.16. The number of H-pyrrole nitrogens is 2. The van der Waals surface area contributed by atoms with E-state index in [1.165, 1.54) is 23.2 Å². The number of aliphatic hydroxyl groups is 2. The molecule has 1 saturated heterocycles. The number of ether oxygens (including phenoxy) is 1. The van der Waals surface area contributed by atoms with E-state index in [9.17, 15) is 24.4 Å². The van der Waals surface area contributed by atoms with E-state index in [-0.39, 0.29) is 17.1 Å². The number of rotatable bonds is 4. The number of anilines is 2. The Labute approximate surface area is 176 Å². The molecule has 4 atom stereocenters. The highest BCUT2D eigenvalue weighted by atomic mass is 31.2. The quantitative estimate of drug-likeness (QED) is 0.173. The topological polar surface area (TPSA) is 278 Å². The summed E-state index contributed by atoms with van der Waals surface area (Å²) in [5.41, 5.74) is 9.59. The van der Waals surface area contributed by atoms with Crippen molar-refractivity contribution in [2.45, 2.75) is 24.5 Å². The van der Waals surface area contributed by atoms with Gasteiger partial charge in [0.15, 0.2) is 17.4 Å². The number of phosphoric acid groups is 1. The largest absolute Gasteiger partial charge is 0.469 e. The molecule has 0 radical (unpaired) electrons. The number of fused-ring (bicyclic) bond motifs is 1. The Morgan fingerprint density at radius 3 is 2.50 bits per heavy atom. The van der Waals surface area contributed by atoms with E-state index in [1.54, 1.807) is 0 Å². The van der Waals surface area contributed by atoms with Gasteiger partial charge in [-0.05, 0) is 6.07 Å². The number of nitrogen functional groups attached to an aromatic ring is 2. The van der Waals surface area contributed by atoms with Gasteiger partial charge in [0, 0.05) is 6.20 Å². The number of imidazole rings is 1. The predicted molar refractivity (Wildman–Crippen MR) is 106 cm³/mol. The van der Waals surface area contributed by atoms with Gasteiger partial charge in [-0.1, -0.05) is 0 Å². The second kappa shape index (κ2) is 9.13. The zero-order chi connectivity index (χ0) is 23.6. The first-order chi connectivity index (χ1) is 15.0. The lowest BCUT2D eigenvalue weighted by molar-refractivity contribution is -0.0503. The highest BCUT2D eigenvalue weighted by Crippen LogP contribution is 2.38. The number of aromatic amines is 2. The number of phosphoric ester groups is 1. The molecule has 1 aliphatic rings. The van der Waals surface area contributed by atoms with E-state index < -0.39 is 50.2 Å². The van der Waals surface area contributed by atoms with Crippen LogP contribution in [-0.4, -0.2) is 74.4 Å². The molecule has 0 aromatic carbocycles. The second-order valence-electron chi connectivity index (χ2n) is 6.44. The van der Waals surface area contributed by atoms with Gasteiger partial charge in [0.05, 0.1) is 12.9 Å². The normalized spacial score (nSPS) is 23.1. The van der Waals surface area contributed by atoms with Gasteiger partial charge in [0.25, 0.3) is 5.56 Å². The molecule has 4 rings (SSSR count). The number of nitrogens with zero attached hydrogens (tertiary/aromatic N) is 4. The number of nitrogens with one attached hydrogen (secondary N) is 2. The van der Waals surface area contributed by atoms with Crippen LogP contribution in [0.2, 0.25) is 0 Å². The summed E-state index contributed by atoms with van der Waals surface area (Å²) in [6, 6.07) is 1.52. The highest BCUT2D eigenvalue weighted by molar-refractivity contribution is 7.46. The van der Waals surface area contributed by atoms with Gasteiger partial charge in [-0.25, -0.2) is 19.3 Å². The summed E-state index contributed by atoms with van der Waals surface area (Å²) < 4.78 is 21.6. The molecule has 0 aliphatic carbocycles. The third-order valence-electron chi connectivity index (χ3n) is 4.17. The maximum Gasteiger partial charge on any atom is 0.469 e. The first-order valence-electron chi connectivity index (χ1n) is 8.71. The van der Waals surface area contributed by atoms with Crippen molar-refractivity contribution in [2.75, 3.05) is 18.1 Å². The van der Waals surface area contributed by atoms with Crippen molar-refractivity contribution >= 4 is 30.8 Å². The van der Waals surface area contributed by atoms with Crippen molar-refractivity contribution in [1.82, 2.24) is 29.5 Å². The molecular weight excluding hydrogens is 455 g/mol. The number of hydrogen-bond donors (Lipinski definition) is 8. The van der Waals surface area contributed by atoms with Crippen molar-refractivity contribution in [3.63, 3.8) is 0 Å². The molecule has 17 nitrogen and oxygen atoms in total. The molecule has 10 N–H and O–H groups in total. The van der Waals surface area contributed by atoms with Gasteiger partial charge >= 0.3 is 13.5 Å². The van der Waals surface area contributed by atoms with Crippen LogP contribution in [-0.2, 0) is 13.8 Å². The molecule has 174 valence electrons. The molecule has 1 fully saturated rings. The maximum absolute atomic E-state index is 11.7. The predicted octanol–water partition coefficient (Wildman–Crippen LogP) is -3.22. The van der Waals surface area contributed by atoms with E-state index in [2.05, 4.69) is 29.4 Å². The van der Waals surface area contributed by atoms with Crippen LogP contribution in [0.15, 0.2) is 28.2 Å². The monoisotopic (exact) mass is 474 g/mol. The van der Waals surface area contributed by atoms with Gasteiger partial charge in [-0.2, -0.15) is 4.98 Å². The summed E-state index contributed by atoms with van der Waals surface area (Å²) in [6.07, 6.45) is -2.86. The maximum atomic E-state index is 11.7. The first-order valence-corrected chi connectivity index (χ1v) is 10.2. The molecule has 3 aromatic rings. The van der Waals surface area contributed by atoms with Crippen LogP contribution in [0.3, 0.4) is 0 Å². The van der Waals surface area contributed by atoms with E-state index in [0.29, 0.717) is 5.82 Å². The van der Waals surface area contributed by atoms with Crippen LogP contribution in [0.25, 0.3) is 11.2 Å². The lowest BCUT2D eigenvalue weighted by atomic mass is 10.1. The van der Waals surface area contributed by atoms with Crippen LogP contribution in [0.5, 0.6) is 0 Å². The van der Waals surface area contributed by atoms with Gasteiger partial charge in [-0.3, -0.25) is 23.9 Å². The van der Waals surface area contributed by atoms with Gasteiger partial charge in [-0.15, -0.1) is 0 Å². The fourth-order valence-electron chi connectivity index (χ4n) is 2.78. The summed E-state index contributed by atoms with van der Waals surface area (Å²) in [7, 11) is -4.76. The fourth-order valence-corrected chi connectivity index (χ4v) is 3.12. The Bertz CT molecular complexity index is 1250. The summed E-state index contributed by atoms with van der Waals surface area (Å²) in [5, 5.41) is 20.1. The zero-order valence-electron chi connectivity index (χ0n) is 16.0. The van der Waals surface area contributed by atoms with E-state index in [4.69, 9.17) is 26.0 Å². The molecule has 0 spiro atoms. The summed E-state index contributed by atoms with van der Waals surface area (Å²) in [4.78, 5) is 55.0. The Hall–Kier alpha value is -3.18. The molecular formula is C14H19N8O9P. The van der Waals surface area contributed by atoms with Crippen molar-refractivity contribution in [1.29, 1.82) is 0 Å². The Morgan fingerprint density at radius 2 is 1.91 bits per heavy atom. The number of aliphatic hydroxyl groups excluding tert-OH is 2. The molecule has 3 aromatic heterocycles. The van der Waals surface area contributed by atoms with Gasteiger partial charge in [0.2, 0.25) is 5.95 Å². The van der Waals surface area contributed by atoms with E-state index in [0.717, 1.165) is 0 Å².